The SMILES string of the molecule is C=C(CC)c1ccc2ccc(CCc3nc4c(C)ncc(C)n4n3)nc2c1N=CC. The minimum absolute atomic E-state index is 0.715. The standard InChI is InChI=1S/C24H26N6/c1-6-15(3)20-12-9-18-8-10-19(27-22(18)23(20)25-7-2)11-13-21-28-24-17(5)26-14-16(4)30(24)29-21/h7-10,12,14H,3,6,11,13H2,1-2,4-5H3. The second-order valence-electron chi connectivity index (χ2n) is 7.43. The summed E-state index contributed by atoms with van der Waals surface area (Å²) < 4.78 is 1.86. The van der Waals surface area contributed by atoms with E-state index in [0.29, 0.717) is 6.42 Å². The molecule has 0 spiro atoms. The van der Waals surface area contributed by atoms with Crippen LogP contribution in [0.2, 0.25) is 0 Å². The van der Waals surface area contributed by atoms with Gasteiger partial charge in [0.05, 0.1) is 22.6 Å². The van der Waals surface area contributed by atoms with Gasteiger partial charge < -0.3 is 0 Å². The molecule has 0 N–H and O–H groups in total. The van der Waals surface area contributed by atoms with Crippen molar-refractivity contribution in [3.8, 4) is 0 Å². The van der Waals surface area contributed by atoms with Crippen molar-refractivity contribution < 1.29 is 0 Å². The molecule has 1 aromatic carbocycles. The summed E-state index contributed by atoms with van der Waals surface area (Å²) >= 11 is 0. The Bertz CT molecular complexity index is 1240. The first kappa shape index (κ1) is 19.9. The van der Waals surface area contributed by atoms with Gasteiger partial charge in [-0.2, -0.15) is 5.10 Å². The zero-order valence-electron chi connectivity index (χ0n) is 18.0. The average molecular weight is 399 g/mol. The van der Waals surface area contributed by atoms with Crippen LogP contribution in [0.25, 0.3) is 22.1 Å². The topological polar surface area (TPSA) is 68.3 Å². The summed E-state index contributed by atoms with van der Waals surface area (Å²) in [6.45, 7) is 12.2. The third-order valence-electron chi connectivity index (χ3n) is 5.32. The van der Waals surface area contributed by atoms with E-state index in [1.165, 1.54) is 0 Å². The van der Waals surface area contributed by atoms with E-state index < -0.39 is 0 Å². The fraction of sp³-hybridized carbons (Fsp3) is 0.292. The van der Waals surface area contributed by atoms with Gasteiger partial charge in [0, 0.05) is 35.5 Å². The second kappa shape index (κ2) is 8.14. The molecule has 0 saturated carbocycles. The summed E-state index contributed by atoms with van der Waals surface area (Å²) in [7, 11) is 0. The Morgan fingerprint density at radius 2 is 1.93 bits per heavy atom. The van der Waals surface area contributed by atoms with Crippen LogP contribution in [0.15, 0.2) is 42.0 Å². The minimum Gasteiger partial charge on any atom is -0.259 e. The lowest BCUT2D eigenvalue weighted by Crippen LogP contribution is -1.99. The molecule has 6 nitrogen and oxygen atoms in total. The van der Waals surface area contributed by atoms with E-state index in [0.717, 1.165) is 69.1 Å². The quantitative estimate of drug-likeness (QED) is 0.418. The molecule has 3 heterocycles. The van der Waals surface area contributed by atoms with Gasteiger partial charge in [-0.3, -0.25) is 15.0 Å². The lowest BCUT2D eigenvalue weighted by atomic mass is 10.00. The van der Waals surface area contributed by atoms with Crippen molar-refractivity contribution in [1.29, 1.82) is 0 Å². The molecule has 3 aromatic heterocycles. The first-order valence-corrected chi connectivity index (χ1v) is 10.3. The number of aryl methyl sites for hydroxylation is 4. The van der Waals surface area contributed by atoms with Gasteiger partial charge in [-0.25, -0.2) is 9.50 Å². The van der Waals surface area contributed by atoms with Gasteiger partial charge in [0.25, 0.3) is 0 Å². The third kappa shape index (κ3) is 3.61. The fourth-order valence-electron chi connectivity index (χ4n) is 3.57. The molecular formula is C24H26N6. The maximum atomic E-state index is 4.95. The minimum atomic E-state index is 0.715. The van der Waals surface area contributed by atoms with Gasteiger partial charge in [-0.05, 0) is 45.3 Å². The summed E-state index contributed by atoms with van der Waals surface area (Å²) in [5, 5.41) is 5.73. The van der Waals surface area contributed by atoms with E-state index in [-0.39, 0.29) is 0 Å². The molecule has 0 radical (unpaired) electrons. The molecule has 6 heteroatoms. The van der Waals surface area contributed by atoms with Crippen molar-refractivity contribution in [1.82, 2.24) is 24.6 Å². The monoisotopic (exact) mass is 398 g/mol. The Morgan fingerprint density at radius 1 is 1.13 bits per heavy atom. The maximum absolute atomic E-state index is 4.95. The molecule has 4 aromatic rings. The van der Waals surface area contributed by atoms with E-state index in [4.69, 9.17) is 4.98 Å². The van der Waals surface area contributed by atoms with Crippen LogP contribution < -0.4 is 0 Å². The number of benzene rings is 1. The van der Waals surface area contributed by atoms with Crippen molar-refractivity contribution in [3.05, 3.63) is 65.5 Å². The lowest BCUT2D eigenvalue weighted by molar-refractivity contribution is 0.808. The Labute approximate surface area is 176 Å². The third-order valence-corrected chi connectivity index (χ3v) is 5.32. The van der Waals surface area contributed by atoms with E-state index >= 15 is 0 Å². The van der Waals surface area contributed by atoms with Crippen LogP contribution in [0, 0.1) is 13.8 Å². The largest absolute Gasteiger partial charge is 0.259 e. The van der Waals surface area contributed by atoms with Gasteiger partial charge >= 0.3 is 0 Å². The number of fused-ring (bicyclic) bond motifs is 2. The molecular weight excluding hydrogens is 372 g/mol. The number of hydrogen-bond acceptors (Lipinski definition) is 5. The van der Waals surface area contributed by atoms with Gasteiger partial charge in [0.2, 0.25) is 0 Å². The molecule has 0 fully saturated rings. The van der Waals surface area contributed by atoms with Gasteiger partial charge in [-0.15, -0.1) is 0 Å². The number of pyridine rings is 1. The Kier molecular flexibility index (Phi) is 5.40. The highest BCUT2D eigenvalue weighted by atomic mass is 15.3. The zero-order chi connectivity index (χ0) is 21.3. The number of aliphatic imine (C=N–C) groups is 1. The summed E-state index contributed by atoms with van der Waals surface area (Å²) in [4.78, 5) is 18.6. The molecule has 4 rings (SSSR count). The molecule has 0 aliphatic rings. The molecule has 0 aliphatic heterocycles. The number of allylic oxidation sites excluding steroid dienone is 1. The van der Waals surface area contributed by atoms with Crippen molar-refractivity contribution >= 4 is 34.0 Å². The Balaban J connectivity index is 1.68. The van der Waals surface area contributed by atoms with Crippen molar-refractivity contribution in [2.24, 2.45) is 4.99 Å². The summed E-state index contributed by atoms with van der Waals surface area (Å²) in [6.07, 6.45) is 5.99. The zero-order valence-corrected chi connectivity index (χ0v) is 18.0. The first-order valence-electron chi connectivity index (χ1n) is 10.3. The summed E-state index contributed by atoms with van der Waals surface area (Å²) in [5.41, 5.74) is 7.62. The highest BCUT2D eigenvalue weighted by Gasteiger charge is 2.12. The molecule has 0 unspecified atom stereocenters. The summed E-state index contributed by atoms with van der Waals surface area (Å²) in [6, 6.07) is 8.38. The van der Waals surface area contributed by atoms with Crippen molar-refractivity contribution in [2.45, 2.75) is 47.0 Å². The highest BCUT2D eigenvalue weighted by Crippen LogP contribution is 2.34. The maximum Gasteiger partial charge on any atom is 0.177 e. The number of aromatic nitrogens is 5. The lowest BCUT2D eigenvalue weighted by Gasteiger charge is -2.11. The van der Waals surface area contributed by atoms with Crippen LogP contribution in [-0.2, 0) is 12.8 Å². The highest BCUT2D eigenvalue weighted by molar-refractivity contribution is 5.96. The predicted molar refractivity (Wildman–Crippen MR) is 123 cm³/mol. The molecule has 0 bridgehead atoms. The van der Waals surface area contributed by atoms with Crippen molar-refractivity contribution in [2.75, 3.05) is 0 Å². The van der Waals surface area contributed by atoms with E-state index in [1.807, 2.05) is 37.7 Å². The molecule has 0 saturated heterocycles. The van der Waals surface area contributed by atoms with Gasteiger partial charge in [-0.1, -0.05) is 31.7 Å². The number of hydrogen-bond donors (Lipinski definition) is 0. The van der Waals surface area contributed by atoms with Crippen LogP contribution in [0.3, 0.4) is 0 Å². The van der Waals surface area contributed by atoms with Crippen LogP contribution in [0.1, 0.15) is 48.7 Å². The first-order chi connectivity index (χ1) is 14.5. The van der Waals surface area contributed by atoms with Crippen LogP contribution >= 0.6 is 0 Å². The molecule has 152 valence electrons. The summed E-state index contributed by atoms with van der Waals surface area (Å²) in [5.74, 6) is 0.802. The smallest absolute Gasteiger partial charge is 0.177 e. The molecule has 0 aliphatic carbocycles. The Hall–Kier alpha value is -3.41. The average Bonchev–Trinajstić information content (AvgIpc) is 3.20. The van der Waals surface area contributed by atoms with Gasteiger partial charge in [0.15, 0.2) is 11.5 Å². The van der Waals surface area contributed by atoms with E-state index in [1.54, 1.807) is 0 Å². The molecule has 0 atom stereocenters. The van der Waals surface area contributed by atoms with E-state index in [9.17, 15) is 0 Å². The predicted octanol–water partition coefficient (Wildman–Crippen LogP) is 5.22. The normalized spacial score (nSPS) is 11.7. The van der Waals surface area contributed by atoms with Crippen molar-refractivity contribution in [3.63, 3.8) is 0 Å². The number of rotatable bonds is 6. The van der Waals surface area contributed by atoms with E-state index in [2.05, 4.69) is 57.8 Å². The van der Waals surface area contributed by atoms with Gasteiger partial charge in [0.1, 0.15) is 0 Å². The van der Waals surface area contributed by atoms with Crippen LogP contribution in [-0.4, -0.2) is 30.8 Å². The molecule has 30 heavy (non-hydrogen) atoms. The number of nitrogens with zero attached hydrogens (tertiary/aromatic N) is 6. The Morgan fingerprint density at radius 3 is 2.67 bits per heavy atom. The fourth-order valence-corrected chi connectivity index (χ4v) is 3.57. The second-order valence-corrected chi connectivity index (χ2v) is 7.43. The molecule has 0 amide bonds. The van der Waals surface area contributed by atoms with Crippen LogP contribution in [0.5, 0.6) is 0 Å². The van der Waals surface area contributed by atoms with Crippen LogP contribution in [0.4, 0.5) is 5.69 Å².